The van der Waals surface area contributed by atoms with Gasteiger partial charge in [-0.2, -0.15) is 5.10 Å². The number of rotatable bonds is 7. The van der Waals surface area contributed by atoms with Gasteiger partial charge in [0.15, 0.2) is 16.6 Å². The second kappa shape index (κ2) is 9.24. The smallest absolute Gasteiger partial charge is 0.184 e. The topological polar surface area (TPSA) is 68.9 Å². The predicted octanol–water partition coefficient (Wildman–Crippen LogP) is 3.59. The summed E-state index contributed by atoms with van der Waals surface area (Å²) in [6.45, 7) is 2.90. The number of halogens is 1. The van der Waals surface area contributed by atoms with Crippen molar-refractivity contribution in [2.75, 3.05) is 6.61 Å². The molecule has 0 radical (unpaired) electrons. The molecular formula is C17H18BrN3O2S. The van der Waals surface area contributed by atoms with Crippen LogP contribution in [-0.4, -0.2) is 17.9 Å². The molecule has 0 aliphatic heterocycles. The Hall–Kier alpha value is -2.12. The zero-order chi connectivity index (χ0) is 17.4. The lowest BCUT2D eigenvalue weighted by Crippen LogP contribution is -2.23. The van der Waals surface area contributed by atoms with Crippen molar-refractivity contribution in [2.24, 2.45) is 10.8 Å². The summed E-state index contributed by atoms with van der Waals surface area (Å²) in [5, 5.41) is 4.06. The van der Waals surface area contributed by atoms with Gasteiger partial charge in [-0.25, -0.2) is 0 Å². The average Bonchev–Trinajstić information content (AvgIpc) is 2.55. The number of hydrogen-bond acceptors (Lipinski definition) is 4. The second-order valence-electron chi connectivity index (χ2n) is 4.77. The molecule has 126 valence electrons. The quantitative estimate of drug-likeness (QED) is 0.416. The molecule has 2 rings (SSSR count). The maximum Gasteiger partial charge on any atom is 0.184 e. The highest BCUT2D eigenvalue weighted by atomic mass is 79.9. The Labute approximate surface area is 155 Å². The summed E-state index contributed by atoms with van der Waals surface area (Å²) in [5.41, 5.74) is 9.76. The minimum atomic E-state index is 0.109. The van der Waals surface area contributed by atoms with Gasteiger partial charge in [-0.15, -0.1) is 0 Å². The summed E-state index contributed by atoms with van der Waals surface area (Å²) in [6, 6.07) is 13.7. The summed E-state index contributed by atoms with van der Waals surface area (Å²) in [7, 11) is 0. The highest BCUT2D eigenvalue weighted by molar-refractivity contribution is 9.10. The van der Waals surface area contributed by atoms with E-state index in [1.54, 1.807) is 6.21 Å². The van der Waals surface area contributed by atoms with Gasteiger partial charge in [0.05, 0.1) is 17.3 Å². The SMILES string of the molecule is CCOc1cc(C=NNC(N)=S)cc(Br)c1OCc1ccccc1. The van der Waals surface area contributed by atoms with Crippen LogP contribution in [0.2, 0.25) is 0 Å². The standard InChI is InChI=1S/C17H18BrN3O2S/c1-2-22-15-9-13(10-20-21-17(19)24)8-14(18)16(15)23-11-12-6-4-3-5-7-12/h3-10H,2,11H2,1H3,(H3,19,21,24). The Bertz CT molecular complexity index is 723. The van der Waals surface area contributed by atoms with E-state index in [1.165, 1.54) is 0 Å². The van der Waals surface area contributed by atoms with Crippen LogP contribution in [0, 0.1) is 0 Å². The monoisotopic (exact) mass is 407 g/mol. The second-order valence-corrected chi connectivity index (χ2v) is 6.07. The van der Waals surface area contributed by atoms with Crippen molar-refractivity contribution in [3.8, 4) is 11.5 Å². The lowest BCUT2D eigenvalue weighted by Gasteiger charge is -2.14. The molecule has 5 nitrogen and oxygen atoms in total. The van der Waals surface area contributed by atoms with Gasteiger partial charge >= 0.3 is 0 Å². The van der Waals surface area contributed by atoms with Crippen molar-refractivity contribution in [1.29, 1.82) is 0 Å². The molecule has 0 aliphatic carbocycles. The Morgan fingerprint density at radius 3 is 2.71 bits per heavy atom. The predicted molar refractivity (Wildman–Crippen MR) is 104 cm³/mol. The molecule has 0 saturated carbocycles. The maximum absolute atomic E-state index is 5.93. The summed E-state index contributed by atoms with van der Waals surface area (Å²) in [5.74, 6) is 1.29. The molecule has 0 spiro atoms. The van der Waals surface area contributed by atoms with E-state index < -0.39 is 0 Å². The lowest BCUT2D eigenvalue weighted by molar-refractivity contribution is 0.267. The normalized spacial score (nSPS) is 10.6. The number of thiocarbonyl (C=S) groups is 1. The van der Waals surface area contributed by atoms with E-state index in [0.29, 0.717) is 24.7 Å². The van der Waals surface area contributed by atoms with E-state index in [4.69, 9.17) is 27.4 Å². The fraction of sp³-hybridized carbons (Fsp3) is 0.176. The van der Waals surface area contributed by atoms with Crippen LogP contribution in [0.1, 0.15) is 18.1 Å². The van der Waals surface area contributed by atoms with Crippen LogP contribution < -0.4 is 20.6 Å². The fourth-order valence-corrected chi connectivity index (χ4v) is 2.59. The highest BCUT2D eigenvalue weighted by Crippen LogP contribution is 2.37. The third kappa shape index (κ3) is 5.50. The molecule has 0 amide bonds. The summed E-state index contributed by atoms with van der Waals surface area (Å²) in [4.78, 5) is 0. The molecule has 7 heteroatoms. The summed E-state index contributed by atoms with van der Waals surface area (Å²) < 4.78 is 12.4. The van der Waals surface area contributed by atoms with Crippen LogP contribution >= 0.6 is 28.1 Å². The largest absolute Gasteiger partial charge is 0.490 e. The van der Waals surface area contributed by atoms with Crippen LogP contribution in [0.15, 0.2) is 52.0 Å². The number of ether oxygens (including phenoxy) is 2. The first kappa shape index (κ1) is 18.2. The molecule has 0 aliphatic rings. The molecule has 0 saturated heterocycles. The van der Waals surface area contributed by atoms with E-state index in [1.807, 2.05) is 49.4 Å². The first-order valence-electron chi connectivity index (χ1n) is 7.31. The minimum Gasteiger partial charge on any atom is -0.490 e. The van der Waals surface area contributed by atoms with Crippen molar-refractivity contribution in [3.05, 3.63) is 58.1 Å². The zero-order valence-electron chi connectivity index (χ0n) is 13.2. The van der Waals surface area contributed by atoms with E-state index in [2.05, 4.69) is 26.5 Å². The van der Waals surface area contributed by atoms with Crippen LogP contribution in [0.4, 0.5) is 0 Å². The minimum absolute atomic E-state index is 0.109. The van der Waals surface area contributed by atoms with Crippen molar-refractivity contribution in [2.45, 2.75) is 13.5 Å². The molecule has 0 atom stereocenters. The molecule has 0 aromatic heterocycles. The van der Waals surface area contributed by atoms with Crippen LogP contribution in [-0.2, 0) is 6.61 Å². The van der Waals surface area contributed by atoms with Crippen molar-refractivity contribution < 1.29 is 9.47 Å². The molecule has 0 unspecified atom stereocenters. The lowest BCUT2D eigenvalue weighted by atomic mass is 10.2. The first-order valence-corrected chi connectivity index (χ1v) is 8.52. The van der Waals surface area contributed by atoms with Gasteiger partial charge in [0.25, 0.3) is 0 Å². The molecule has 2 aromatic carbocycles. The first-order chi connectivity index (χ1) is 11.6. The zero-order valence-corrected chi connectivity index (χ0v) is 15.6. The summed E-state index contributed by atoms with van der Waals surface area (Å²) in [6.07, 6.45) is 1.60. The van der Waals surface area contributed by atoms with E-state index in [9.17, 15) is 0 Å². The molecular weight excluding hydrogens is 390 g/mol. The van der Waals surface area contributed by atoms with Crippen molar-refractivity contribution in [3.63, 3.8) is 0 Å². The molecule has 3 N–H and O–H groups in total. The Kier molecular flexibility index (Phi) is 7.02. The van der Waals surface area contributed by atoms with E-state index in [-0.39, 0.29) is 5.11 Å². The van der Waals surface area contributed by atoms with Crippen LogP contribution in [0.25, 0.3) is 0 Å². The average molecular weight is 408 g/mol. The highest BCUT2D eigenvalue weighted by Gasteiger charge is 2.12. The van der Waals surface area contributed by atoms with Gasteiger partial charge in [0.1, 0.15) is 6.61 Å². The number of hydrogen-bond donors (Lipinski definition) is 2. The number of benzene rings is 2. The summed E-state index contributed by atoms with van der Waals surface area (Å²) >= 11 is 8.23. The van der Waals surface area contributed by atoms with E-state index in [0.717, 1.165) is 15.6 Å². The van der Waals surface area contributed by atoms with Gasteiger partial charge in [-0.05, 0) is 58.3 Å². The Morgan fingerprint density at radius 2 is 2.04 bits per heavy atom. The fourth-order valence-electron chi connectivity index (χ4n) is 1.97. The molecule has 0 fully saturated rings. The molecule has 2 aromatic rings. The number of nitrogens with zero attached hydrogens (tertiary/aromatic N) is 1. The van der Waals surface area contributed by atoms with Gasteiger partial charge in [0, 0.05) is 0 Å². The third-order valence-electron chi connectivity index (χ3n) is 2.95. The van der Waals surface area contributed by atoms with Gasteiger partial charge in [0.2, 0.25) is 0 Å². The maximum atomic E-state index is 5.93. The van der Waals surface area contributed by atoms with Gasteiger partial charge < -0.3 is 15.2 Å². The third-order valence-corrected chi connectivity index (χ3v) is 3.63. The van der Waals surface area contributed by atoms with Gasteiger partial charge in [-0.1, -0.05) is 30.3 Å². The number of hydrazone groups is 1. The van der Waals surface area contributed by atoms with Gasteiger partial charge in [-0.3, -0.25) is 5.43 Å². The van der Waals surface area contributed by atoms with Crippen molar-refractivity contribution in [1.82, 2.24) is 5.43 Å². The molecule has 0 heterocycles. The van der Waals surface area contributed by atoms with Crippen LogP contribution in [0.5, 0.6) is 11.5 Å². The Balaban J connectivity index is 2.20. The Morgan fingerprint density at radius 1 is 1.29 bits per heavy atom. The molecule has 0 bridgehead atoms. The number of nitrogens with two attached hydrogens (primary N) is 1. The van der Waals surface area contributed by atoms with Crippen LogP contribution in [0.3, 0.4) is 0 Å². The van der Waals surface area contributed by atoms with E-state index >= 15 is 0 Å². The van der Waals surface area contributed by atoms with Crippen molar-refractivity contribution >= 4 is 39.5 Å². The molecule has 24 heavy (non-hydrogen) atoms. The number of nitrogens with one attached hydrogen (secondary N) is 1.